The van der Waals surface area contributed by atoms with Crippen molar-refractivity contribution >= 4 is 15.9 Å². The fraction of sp³-hybridized carbons (Fsp3) is 0.800. The highest BCUT2D eigenvalue weighted by atomic mass is 79.9. The molecule has 1 rings (SSSR count). The zero-order valence-electron chi connectivity index (χ0n) is 13.2. The van der Waals surface area contributed by atoms with Gasteiger partial charge in [-0.3, -0.25) is 4.68 Å². The number of aromatic nitrogens is 2. The molecular weight excluding hydrogens is 318 g/mol. The Morgan fingerprint density at radius 3 is 2.35 bits per heavy atom. The van der Waals surface area contributed by atoms with Gasteiger partial charge in [-0.15, -0.1) is 0 Å². The van der Waals surface area contributed by atoms with E-state index in [2.05, 4.69) is 58.7 Å². The highest BCUT2D eigenvalue weighted by molar-refractivity contribution is 9.10. The Morgan fingerprint density at radius 1 is 1.25 bits per heavy atom. The normalized spacial score (nSPS) is 12.1. The van der Waals surface area contributed by atoms with E-state index >= 15 is 0 Å². The summed E-state index contributed by atoms with van der Waals surface area (Å²) in [7, 11) is 0. The van der Waals surface area contributed by atoms with Gasteiger partial charge >= 0.3 is 0 Å². The molecule has 2 N–H and O–H groups in total. The summed E-state index contributed by atoms with van der Waals surface area (Å²) in [5.41, 5.74) is 2.31. The molecule has 0 aliphatic rings. The number of aliphatic hydroxyl groups is 1. The standard InChI is InChI=1S/C15H28BrN3O/c1-5-12-14(16)13(19(8-4)18-12)9-17-10-15(6-2,7-3)11-20/h17,20H,5-11H2,1-4H3. The molecule has 1 aromatic heterocycles. The zero-order chi connectivity index (χ0) is 15.2. The summed E-state index contributed by atoms with van der Waals surface area (Å²) >= 11 is 3.66. The van der Waals surface area contributed by atoms with Gasteiger partial charge in [0.15, 0.2) is 0 Å². The van der Waals surface area contributed by atoms with Crippen molar-refractivity contribution in [2.45, 2.75) is 60.0 Å². The van der Waals surface area contributed by atoms with Crippen LogP contribution in [-0.4, -0.2) is 28.0 Å². The summed E-state index contributed by atoms with van der Waals surface area (Å²) in [6.07, 6.45) is 2.91. The van der Waals surface area contributed by atoms with Gasteiger partial charge in [0, 0.05) is 31.7 Å². The number of hydrogen-bond donors (Lipinski definition) is 2. The van der Waals surface area contributed by atoms with Crippen molar-refractivity contribution in [1.82, 2.24) is 15.1 Å². The topological polar surface area (TPSA) is 50.1 Å². The SMILES string of the molecule is CCc1nn(CC)c(CNCC(CC)(CC)CO)c1Br. The first-order valence-electron chi connectivity index (χ1n) is 7.63. The van der Waals surface area contributed by atoms with E-state index in [9.17, 15) is 5.11 Å². The maximum atomic E-state index is 9.60. The molecule has 0 amide bonds. The summed E-state index contributed by atoms with van der Waals surface area (Å²) < 4.78 is 3.17. The minimum atomic E-state index is -0.00285. The summed E-state index contributed by atoms with van der Waals surface area (Å²) in [6.45, 7) is 11.2. The lowest BCUT2D eigenvalue weighted by Gasteiger charge is -2.29. The average molecular weight is 346 g/mol. The third-order valence-corrected chi connectivity index (χ3v) is 5.24. The monoisotopic (exact) mass is 345 g/mol. The summed E-state index contributed by atoms with van der Waals surface area (Å²) in [5, 5.41) is 17.7. The van der Waals surface area contributed by atoms with Gasteiger partial charge in [-0.1, -0.05) is 20.8 Å². The average Bonchev–Trinajstić information content (AvgIpc) is 2.80. The van der Waals surface area contributed by atoms with E-state index in [0.717, 1.165) is 49.1 Å². The van der Waals surface area contributed by atoms with Crippen LogP contribution in [0.3, 0.4) is 0 Å². The third-order valence-electron chi connectivity index (χ3n) is 4.32. The molecular formula is C15H28BrN3O. The number of halogens is 1. The summed E-state index contributed by atoms with van der Waals surface area (Å²) in [6, 6.07) is 0. The molecule has 4 nitrogen and oxygen atoms in total. The predicted octanol–water partition coefficient (Wildman–Crippen LogP) is 3.12. The number of nitrogens with zero attached hydrogens (tertiary/aromatic N) is 2. The molecule has 0 unspecified atom stereocenters. The molecule has 0 bridgehead atoms. The van der Waals surface area contributed by atoms with Gasteiger partial charge < -0.3 is 10.4 Å². The van der Waals surface area contributed by atoms with E-state index in [1.807, 2.05) is 0 Å². The maximum Gasteiger partial charge on any atom is 0.0767 e. The molecule has 0 fully saturated rings. The van der Waals surface area contributed by atoms with Crippen LogP contribution in [0.15, 0.2) is 4.47 Å². The van der Waals surface area contributed by atoms with E-state index in [1.54, 1.807) is 0 Å². The van der Waals surface area contributed by atoms with Crippen LogP contribution in [0.25, 0.3) is 0 Å². The highest BCUT2D eigenvalue weighted by Gasteiger charge is 2.25. The van der Waals surface area contributed by atoms with Gasteiger partial charge in [0.2, 0.25) is 0 Å². The van der Waals surface area contributed by atoms with Crippen LogP contribution in [-0.2, 0) is 19.5 Å². The van der Waals surface area contributed by atoms with Crippen molar-refractivity contribution in [1.29, 1.82) is 0 Å². The molecule has 0 radical (unpaired) electrons. The molecule has 116 valence electrons. The van der Waals surface area contributed by atoms with E-state index in [1.165, 1.54) is 5.69 Å². The number of rotatable bonds is 9. The first-order valence-corrected chi connectivity index (χ1v) is 8.42. The van der Waals surface area contributed by atoms with E-state index < -0.39 is 0 Å². The molecule has 0 spiro atoms. The molecule has 5 heteroatoms. The van der Waals surface area contributed by atoms with Gasteiger partial charge in [0.25, 0.3) is 0 Å². The van der Waals surface area contributed by atoms with Crippen molar-refractivity contribution in [3.05, 3.63) is 15.9 Å². The lowest BCUT2D eigenvalue weighted by Crippen LogP contribution is -2.36. The summed E-state index contributed by atoms with van der Waals surface area (Å²) in [5.74, 6) is 0. The van der Waals surface area contributed by atoms with Crippen LogP contribution < -0.4 is 5.32 Å². The number of aryl methyl sites for hydroxylation is 2. The minimum absolute atomic E-state index is 0.00285. The maximum absolute atomic E-state index is 9.60. The van der Waals surface area contributed by atoms with Crippen molar-refractivity contribution in [3.8, 4) is 0 Å². The second-order valence-corrected chi connectivity index (χ2v) is 6.14. The Labute approximate surface area is 131 Å². The Balaban J connectivity index is 2.72. The second kappa shape index (κ2) is 8.15. The number of hydrogen-bond acceptors (Lipinski definition) is 3. The lowest BCUT2D eigenvalue weighted by atomic mass is 9.83. The number of nitrogens with one attached hydrogen (secondary N) is 1. The fourth-order valence-electron chi connectivity index (χ4n) is 2.41. The Bertz CT molecular complexity index is 405. The molecule has 0 aliphatic heterocycles. The van der Waals surface area contributed by atoms with Gasteiger partial charge in [0.05, 0.1) is 15.9 Å². The Morgan fingerprint density at radius 2 is 1.90 bits per heavy atom. The third kappa shape index (κ3) is 3.83. The first-order chi connectivity index (χ1) is 9.57. The van der Waals surface area contributed by atoms with E-state index in [0.29, 0.717) is 0 Å². The molecule has 1 aromatic rings. The van der Waals surface area contributed by atoms with Crippen LogP contribution in [0.5, 0.6) is 0 Å². The van der Waals surface area contributed by atoms with Gasteiger partial charge in [-0.05, 0) is 42.1 Å². The van der Waals surface area contributed by atoms with Gasteiger partial charge in [-0.2, -0.15) is 5.10 Å². The predicted molar refractivity (Wildman–Crippen MR) is 86.8 cm³/mol. The molecule has 20 heavy (non-hydrogen) atoms. The minimum Gasteiger partial charge on any atom is -0.396 e. The molecule has 0 aliphatic carbocycles. The van der Waals surface area contributed by atoms with Crippen LogP contribution in [0.2, 0.25) is 0 Å². The van der Waals surface area contributed by atoms with Crippen LogP contribution in [0.1, 0.15) is 51.9 Å². The molecule has 0 atom stereocenters. The molecule has 1 heterocycles. The van der Waals surface area contributed by atoms with Crippen molar-refractivity contribution in [2.24, 2.45) is 5.41 Å². The van der Waals surface area contributed by atoms with Crippen molar-refractivity contribution in [2.75, 3.05) is 13.2 Å². The lowest BCUT2D eigenvalue weighted by molar-refractivity contribution is 0.112. The highest BCUT2D eigenvalue weighted by Crippen LogP contribution is 2.26. The smallest absolute Gasteiger partial charge is 0.0767 e. The molecule has 0 saturated carbocycles. The molecule has 0 aromatic carbocycles. The quantitative estimate of drug-likeness (QED) is 0.722. The Hall–Kier alpha value is -0.390. The van der Waals surface area contributed by atoms with E-state index in [4.69, 9.17) is 0 Å². The van der Waals surface area contributed by atoms with E-state index in [-0.39, 0.29) is 12.0 Å². The van der Waals surface area contributed by atoms with Gasteiger partial charge in [0.1, 0.15) is 0 Å². The summed E-state index contributed by atoms with van der Waals surface area (Å²) in [4.78, 5) is 0. The van der Waals surface area contributed by atoms with Crippen LogP contribution in [0.4, 0.5) is 0 Å². The number of aliphatic hydroxyl groups excluding tert-OH is 1. The molecule has 0 saturated heterocycles. The van der Waals surface area contributed by atoms with Gasteiger partial charge in [-0.25, -0.2) is 0 Å². The van der Waals surface area contributed by atoms with Crippen LogP contribution >= 0.6 is 15.9 Å². The van der Waals surface area contributed by atoms with Crippen molar-refractivity contribution < 1.29 is 5.11 Å². The van der Waals surface area contributed by atoms with Crippen LogP contribution in [0, 0.1) is 5.41 Å². The second-order valence-electron chi connectivity index (χ2n) is 5.35. The first kappa shape index (κ1) is 17.7. The zero-order valence-corrected chi connectivity index (χ0v) is 14.8. The fourth-order valence-corrected chi connectivity index (χ4v) is 3.12. The van der Waals surface area contributed by atoms with Crippen molar-refractivity contribution in [3.63, 3.8) is 0 Å². The Kier molecular flexibility index (Phi) is 7.20. The largest absolute Gasteiger partial charge is 0.396 e.